The third kappa shape index (κ3) is 4.50. The van der Waals surface area contributed by atoms with Gasteiger partial charge in [0.2, 0.25) is 0 Å². The molecule has 0 bridgehead atoms. The molecule has 0 unspecified atom stereocenters. The van der Waals surface area contributed by atoms with Gasteiger partial charge >= 0.3 is 0 Å². The van der Waals surface area contributed by atoms with E-state index < -0.39 is 9.84 Å². The molecule has 1 aromatic rings. The highest BCUT2D eigenvalue weighted by Gasteiger charge is 2.34. The number of halogens is 1. The largest absolute Gasteiger partial charge is 0.360 e. The summed E-state index contributed by atoms with van der Waals surface area (Å²) in [6, 6.07) is 5.77. The summed E-state index contributed by atoms with van der Waals surface area (Å²) in [4.78, 5) is 17.8. The summed E-state index contributed by atoms with van der Waals surface area (Å²) in [5.74, 6) is 0.334. The first-order chi connectivity index (χ1) is 12.2. The molecule has 2 aliphatic heterocycles. The van der Waals surface area contributed by atoms with Gasteiger partial charge in [0.05, 0.1) is 37.7 Å². The van der Waals surface area contributed by atoms with Crippen molar-refractivity contribution >= 4 is 33.0 Å². The summed E-state index contributed by atoms with van der Waals surface area (Å²) in [6.07, 6.45) is 0.557. The molecule has 1 N–H and O–H groups in total. The number of sulfone groups is 1. The lowest BCUT2D eigenvalue weighted by Crippen LogP contribution is -3.16. The second-order valence-corrected chi connectivity index (χ2v) is 10.1. The Kier molecular flexibility index (Phi) is 5.79. The maximum atomic E-state index is 12.5. The number of carbonyl (C=O) groups is 1. The van der Waals surface area contributed by atoms with E-state index in [0.717, 1.165) is 36.9 Å². The molecule has 2 aliphatic rings. The van der Waals surface area contributed by atoms with Crippen LogP contribution in [0.5, 0.6) is 0 Å². The Bertz CT molecular complexity index is 776. The van der Waals surface area contributed by atoms with Gasteiger partial charge in [-0.2, -0.15) is 0 Å². The molecule has 2 heterocycles. The molecule has 1 atom stereocenters. The average Bonchev–Trinajstić information content (AvgIpc) is 2.97. The number of benzene rings is 1. The first kappa shape index (κ1) is 19.5. The molecule has 0 aliphatic carbocycles. The SMILES string of the molecule is Cc1ccc(Cl)cc1N1CC[NH+](CC(=O)N(C)[C@@H]2CCS(=O)(=O)C2)CC1. The van der Waals surface area contributed by atoms with Gasteiger partial charge in [-0.25, -0.2) is 8.42 Å². The fourth-order valence-corrected chi connectivity index (χ4v) is 5.73. The molecule has 2 fully saturated rings. The van der Waals surface area contributed by atoms with Crippen LogP contribution >= 0.6 is 11.6 Å². The summed E-state index contributed by atoms with van der Waals surface area (Å²) < 4.78 is 23.2. The summed E-state index contributed by atoms with van der Waals surface area (Å²) >= 11 is 6.13. The number of carbonyl (C=O) groups excluding carboxylic acids is 1. The number of quaternary nitrogens is 1. The number of aryl methyl sites for hydroxylation is 1. The number of nitrogens with one attached hydrogen (secondary N) is 1. The maximum absolute atomic E-state index is 12.5. The van der Waals surface area contributed by atoms with Crippen LogP contribution in [-0.4, -0.2) is 76.5 Å². The van der Waals surface area contributed by atoms with E-state index in [0.29, 0.717) is 13.0 Å². The van der Waals surface area contributed by atoms with Crippen molar-refractivity contribution in [1.82, 2.24) is 4.90 Å². The van der Waals surface area contributed by atoms with Crippen LogP contribution in [0, 0.1) is 6.92 Å². The second-order valence-electron chi connectivity index (χ2n) is 7.41. The lowest BCUT2D eigenvalue weighted by Gasteiger charge is -2.35. The Morgan fingerprint density at radius 1 is 1.35 bits per heavy atom. The van der Waals surface area contributed by atoms with E-state index >= 15 is 0 Å². The zero-order valence-corrected chi connectivity index (χ0v) is 16.9. The van der Waals surface area contributed by atoms with Gasteiger partial charge in [0.25, 0.3) is 5.91 Å². The standard InChI is InChI=1S/C18H26ClN3O3S/c1-14-3-4-15(19)11-17(14)22-8-6-21(7-9-22)12-18(23)20(2)16-5-10-26(24,25)13-16/h3-4,11,16H,5-10,12-13H2,1-2H3/p+1/t16-/m1/s1. The minimum Gasteiger partial charge on any atom is -0.360 e. The highest BCUT2D eigenvalue weighted by molar-refractivity contribution is 7.91. The number of piperazine rings is 1. The Balaban J connectivity index is 1.52. The van der Waals surface area contributed by atoms with E-state index in [-0.39, 0.29) is 23.5 Å². The van der Waals surface area contributed by atoms with Crippen molar-refractivity contribution in [3.63, 3.8) is 0 Å². The molecule has 144 valence electrons. The molecule has 0 aromatic heterocycles. The summed E-state index contributed by atoms with van der Waals surface area (Å²) in [7, 11) is -1.24. The predicted molar refractivity (Wildman–Crippen MR) is 104 cm³/mol. The van der Waals surface area contributed by atoms with Crippen LogP contribution in [-0.2, 0) is 14.6 Å². The summed E-state index contributed by atoms with van der Waals surface area (Å²) in [5, 5.41) is 0.740. The Morgan fingerprint density at radius 2 is 2.04 bits per heavy atom. The molecule has 0 radical (unpaired) electrons. The van der Waals surface area contributed by atoms with Crippen LogP contribution in [0.2, 0.25) is 5.02 Å². The molecule has 8 heteroatoms. The number of hydrogen-bond acceptors (Lipinski definition) is 4. The number of nitrogens with zero attached hydrogens (tertiary/aromatic N) is 2. The van der Waals surface area contributed by atoms with Gasteiger partial charge in [-0.05, 0) is 31.0 Å². The molecule has 3 rings (SSSR count). The summed E-state index contributed by atoms with van der Waals surface area (Å²) in [6.45, 7) is 6.04. The number of anilines is 1. The highest BCUT2D eigenvalue weighted by atomic mass is 35.5. The van der Waals surface area contributed by atoms with Gasteiger partial charge in [-0.1, -0.05) is 17.7 Å². The summed E-state index contributed by atoms with van der Waals surface area (Å²) in [5.41, 5.74) is 2.37. The molecule has 1 aromatic carbocycles. The van der Waals surface area contributed by atoms with Crippen LogP contribution in [0.15, 0.2) is 18.2 Å². The fourth-order valence-electron chi connectivity index (χ4n) is 3.79. The van der Waals surface area contributed by atoms with Crippen LogP contribution in [0.1, 0.15) is 12.0 Å². The Hall–Kier alpha value is -1.31. The van der Waals surface area contributed by atoms with Crippen molar-refractivity contribution in [1.29, 1.82) is 0 Å². The fraction of sp³-hybridized carbons (Fsp3) is 0.611. The number of hydrogen-bond donors (Lipinski definition) is 1. The number of likely N-dealkylation sites (N-methyl/N-ethyl adjacent to an activating group) is 1. The van der Waals surface area contributed by atoms with Crippen molar-refractivity contribution in [2.45, 2.75) is 19.4 Å². The van der Waals surface area contributed by atoms with Crippen molar-refractivity contribution in [3.8, 4) is 0 Å². The molecular weight excluding hydrogens is 374 g/mol. The highest BCUT2D eigenvalue weighted by Crippen LogP contribution is 2.24. The van der Waals surface area contributed by atoms with Gasteiger partial charge in [-0.15, -0.1) is 0 Å². The molecule has 2 saturated heterocycles. The minimum absolute atomic E-state index is 0.0366. The van der Waals surface area contributed by atoms with Gasteiger partial charge in [0.15, 0.2) is 16.4 Å². The second kappa shape index (κ2) is 7.74. The van der Waals surface area contributed by atoms with E-state index in [4.69, 9.17) is 11.6 Å². The lowest BCUT2D eigenvalue weighted by atomic mass is 10.1. The zero-order chi connectivity index (χ0) is 18.9. The van der Waals surface area contributed by atoms with Gasteiger partial charge in [-0.3, -0.25) is 4.79 Å². The van der Waals surface area contributed by atoms with Crippen LogP contribution in [0.3, 0.4) is 0 Å². The quantitative estimate of drug-likeness (QED) is 0.772. The first-order valence-electron chi connectivity index (χ1n) is 9.06. The van der Waals surface area contributed by atoms with E-state index in [1.165, 1.54) is 10.5 Å². The Labute approximate surface area is 160 Å². The van der Waals surface area contributed by atoms with Crippen molar-refractivity contribution in [2.24, 2.45) is 0 Å². The normalized spacial score (nSPS) is 23.2. The van der Waals surface area contributed by atoms with Crippen molar-refractivity contribution in [2.75, 3.05) is 56.2 Å². The van der Waals surface area contributed by atoms with Crippen molar-refractivity contribution < 1.29 is 18.1 Å². The van der Waals surface area contributed by atoms with Crippen LogP contribution in [0.25, 0.3) is 0 Å². The molecule has 26 heavy (non-hydrogen) atoms. The van der Waals surface area contributed by atoms with E-state index in [9.17, 15) is 13.2 Å². The molecular formula is C18H27ClN3O3S+. The Morgan fingerprint density at radius 3 is 2.65 bits per heavy atom. The van der Waals surface area contributed by atoms with E-state index in [1.807, 2.05) is 18.2 Å². The van der Waals surface area contributed by atoms with Gasteiger partial charge in [0.1, 0.15) is 0 Å². The zero-order valence-electron chi connectivity index (χ0n) is 15.4. The van der Waals surface area contributed by atoms with E-state index in [1.54, 1.807) is 11.9 Å². The number of amides is 1. The van der Waals surface area contributed by atoms with Gasteiger partial charge in [0, 0.05) is 23.8 Å². The third-order valence-corrected chi connectivity index (χ3v) is 7.52. The predicted octanol–water partition coefficient (Wildman–Crippen LogP) is -0.00118. The lowest BCUT2D eigenvalue weighted by molar-refractivity contribution is -0.892. The molecule has 0 spiro atoms. The van der Waals surface area contributed by atoms with Crippen LogP contribution in [0.4, 0.5) is 5.69 Å². The molecule has 1 amide bonds. The maximum Gasteiger partial charge on any atom is 0.277 e. The first-order valence-corrected chi connectivity index (χ1v) is 11.3. The minimum atomic E-state index is -2.97. The topological polar surface area (TPSA) is 62.1 Å². The average molecular weight is 401 g/mol. The van der Waals surface area contributed by atoms with Crippen LogP contribution < -0.4 is 9.80 Å². The van der Waals surface area contributed by atoms with Gasteiger partial charge < -0.3 is 14.7 Å². The smallest absolute Gasteiger partial charge is 0.277 e. The molecule has 0 saturated carbocycles. The monoisotopic (exact) mass is 400 g/mol. The van der Waals surface area contributed by atoms with E-state index in [2.05, 4.69) is 11.8 Å². The third-order valence-electron chi connectivity index (χ3n) is 5.53. The number of rotatable bonds is 4. The van der Waals surface area contributed by atoms with Crippen molar-refractivity contribution in [3.05, 3.63) is 28.8 Å². The molecule has 6 nitrogen and oxygen atoms in total.